The molecule has 0 saturated heterocycles. The summed E-state index contributed by atoms with van der Waals surface area (Å²) >= 11 is 0. The molecule has 3 rings (SSSR count). The number of hydrogen-bond acceptors (Lipinski definition) is 3. The maximum absolute atomic E-state index is 13.2. The Kier molecular flexibility index (Phi) is 5.59. The Morgan fingerprint density at radius 3 is 1.83 bits per heavy atom. The second-order valence-electron chi connectivity index (χ2n) is 7.84. The normalized spacial score (nSPS) is 11.7. The zero-order valence-electron chi connectivity index (χ0n) is 18.2. The van der Waals surface area contributed by atoms with Gasteiger partial charge in [-0.3, -0.25) is 9.40 Å². The van der Waals surface area contributed by atoms with E-state index in [1.54, 1.807) is 12.1 Å². The molecule has 2 aromatic carbocycles. The second-order valence-corrected chi connectivity index (χ2v) is 9.46. The molecule has 1 aromatic heterocycles. The number of nitrogens with zero attached hydrogens (tertiary/aromatic N) is 2. The van der Waals surface area contributed by atoms with Gasteiger partial charge in [0.25, 0.3) is 10.0 Å². The summed E-state index contributed by atoms with van der Waals surface area (Å²) in [5.41, 5.74) is 8.50. The van der Waals surface area contributed by atoms with E-state index in [1.165, 1.54) is 0 Å². The Labute approximate surface area is 173 Å². The SMILES string of the molecule is Cc1cc(C)n(Cc2ccc(NS(=O)(=O)c3c(C)c(C)c(C)c(C)c3C)cc2)n1. The summed E-state index contributed by atoms with van der Waals surface area (Å²) in [6.07, 6.45) is 0. The van der Waals surface area contributed by atoms with Crippen LogP contribution in [0, 0.1) is 48.5 Å². The molecular formula is C23H29N3O2S. The number of aryl methyl sites for hydroxylation is 2. The number of sulfonamides is 1. The lowest BCUT2D eigenvalue weighted by molar-refractivity contribution is 0.599. The van der Waals surface area contributed by atoms with Gasteiger partial charge in [0.2, 0.25) is 0 Å². The lowest BCUT2D eigenvalue weighted by Crippen LogP contribution is -2.17. The Morgan fingerprint density at radius 1 is 0.828 bits per heavy atom. The van der Waals surface area contributed by atoms with Gasteiger partial charge in [-0.15, -0.1) is 0 Å². The van der Waals surface area contributed by atoms with E-state index in [1.807, 2.05) is 71.3 Å². The number of benzene rings is 2. The van der Waals surface area contributed by atoms with Crippen LogP contribution in [0.25, 0.3) is 0 Å². The molecule has 0 bridgehead atoms. The lowest BCUT2D eigenvalue weighted by atomic mass is 9.95. The minimum atomic E-state index is -3.68. The Hall–Kier alpha value is -2.60. The van der Waals surface area contributed by atoms with Gasteiger partial charge in [0.15, 0.2) is 0 Å². The highest BCUT2D eigenvalue weighted by molar-refractivity contribution is 7.92. The Balaban J connectivity index is 1.87. The highest BCUT2D eigenvalue weighted by Gasteiger charge is 2.23. The first-order valence-electron chi connectivity index (χ1n) is 9.71. The fraction of sp³-hybridized carbons (Fsp3) is 0.348. The molecule has 5 nitrogen and oxygen atoms in total. The third kappa shape index (κ3) is 4.08. The first kappa shape index (κ1) is 21.1. The predicted molar refractivity (Wildman–Crippen MR) is 118 cm³/mol. The fourth-order valence-corrected chi connectivity index (χ4v) is 5.42. The summed E-state index contributed by atoms with van der Waals surface area (Å²) in [5, 5.41) is 4.48. The zero-order valence-corrected chi connectivity index (χ0v) is 19.0. The van der Waals surface area contributed by atoms with Crippen LogP contribution >= 0.6 is 0 Å². The molecule has 29 heavy (non-hydrogen) atoms. The van der Waals surface area contributed by atoms with E-state index >= 15 is 0 Å². The van der Waals surface area contributed by atoms with Crippen molar-refractivity contribution in [2.75, 3.05) is 4.72 Å². The molecule has 3 aromatic rings. The van der Waals surface area contributed by atoms with Crippen molar-refractivity contribution in [2.24, 2.45) is 0 Å². The summed E-state index contributed by atoms with van der Waals surface area (Å²) in [5.74, 6) is 0. The van der Waals surface area contributed by atoms with E-state index in [9.17, 15) is 8.42 Å². The average Bonchev–Trinajstić information content (AvgIpc) is 2.96. The molecular weight excluding hydrogens is 382 g/mol. The molecule has 0 radical (unpaired) electrons. The fourth-order valence-electron chi connectivity index (χ4n) is 3.76. The van der Waals surface area contributed by atoms with Crippen LogP contribution in [0.4, 0.5) is 5.69 Å². The van der Waals surface area contributed by atoms with Gasteiger partial charge in [0.1, 0.15) is 0 Å². The number of aromatic nitrogens is 2. The van der Waals surface area contributed by atoms with Crippen molar-refractivity contribution in [2.45, 2.75) is 59.9 Å². The van der Waals surface area contributed by atoms with Gasteiger partial charge in [-0.1, -0.05) is 12.1 Å². The molecule has 154 valence electrons. The molecule has 6 heteroatoms. The summed E-state index contributed by atoms with van der Waals surface area (Å²) in [4.78, 5) is 0.379. The van der Waals surface area contributed by atoms with E-state index in [-0.39, 0.29) is 0 Å². The highest BCUT2D eigenvalue weighted by atomic mass is 32.2. The van der Waals surface area contributed by atoms with Gasteiger partial charge in [0.05, 0.1) is 17.1 Å². The highest BCUT2D eigenvalue weighted by Crippen LogP contribution is 2.30. The van der Waals surface area contributed by atoms with Gasteiger partial charge in [-0.2, -0.15) is 5.10 Å². The molecule has 0 aliphatic heterocycles. The maximum atomic E-state index is 13.2. The molecule has 1 N–H and O–H groups in total. The van der Waals surface area contributed by atoms with Crippen LogP contribution in [0.3, 0.4) is 0 Å². The molecule has 0 aliphatic rings. The van der Waals surface area contributed by atoms with Gasteiger partial charge in [-0.25, -0.2) is 8.42 Å². The van der Waals surface area contributed by atoms with Crippen LogP contribution in [0.15, 0.2) is 35.2 Å². The first-order valence-corrected chi connectivity index (χ1v) is 11.2. The smallest absolute Gasteiger partial charge is 0.262 e. The van der Waals surface area contributed by atoms with Crippen molar-refractivity contribution in [1.82, 2.24) is 9.78 Å². The summed E-state index contributed by atoms with van der Waals surface area (Å²) < 4.78 is 31.0. The minimum absolute atomic E-state index is 0.379. The van der Waals surface area contributed by atoms with E-state index in [4.69, 9.17) is 0 Å². The molecule has 0 unspecified atom stereocenters. The predicted octanol–water partition coefficient (Wildman–Crippen LogP) is 4.89. The van der Waals surface area contributed by atoms with Crippen LogP contribution in [-0.2, 0) is 16.6 Å². The van der Waals surface area contributed by atoms with Crippen LogP contribution in [-0.4, -0.2) is 18.2 Å². The number of hydrogen-bond donors (Lipinski definition) is 1. The Morgan fingerprint density at radius 2 is 1.34 bits per heavy atom. The monoisotopic (exact) mass is 411 g/mol. The molecule has 0 saturated carbocycles. The van der Waals surface area contributed by atoms with E-state index < -0.39 is 10.0 Å². The van der Waals surface area contributed by atoms with Crippen molar-refractivity contribution >= 4 is 15.7 Å². The average molecular weight is 412 g/mol. The van der Waals surface area contributed by atoms with E-state index in [2.05, 4.69) is 9.82 Å². The number of rotatable bonds is 5. The van der Waals surface area contributed by atoms with Gasteiger partial charge < -0.3 is 0 Å². The molecule has 1 heterocycles. The molecule has 0 amide bonds. The minimum Gasteiger partial charge on any atom is -0.280 e. The van der Waals surface area contributed by atoms with Crippen LogP contribution in [0.1, 0.15) is 44.8 Å². The summed E-state index contributed by atoms with van der Waals surface area (Å²) in [6.45, 7) is 14.4. The number of nitrogens with one attached hydrogen (secondary N) is 1. The van der Waals surface area contributed by atoms with Crippen molar-refractivity contribution in [3.05, 3.63) is 75.1 Å². The van der Waals surface area contributed by atoms with Gasteiger partial charge in [-0.05, 0) is 100 Å². The summed E-state index contributed by atoms with van der Waals surface area (Å²) in [6, 6.07) is 9.51. The third-order valence-corrected chi connectivity index (χ3v) is 7.50. The largest absolute Gasteiger partial charge is 0.280 e. The molecule has 0 atom stereocenters. The summed E-state index contributed by atoms with van der Waals surface area (Å²) in [7, 11) is -3.68. The topological polar surface area (TPSA) is 64.0 Å². The van der Waals surface area contributed by atoms with Crippen molar-refractivity contribution in [3.8, 4) is 0 Å². The quantitative estimate of drug-likeness (QED) is 0.650. The van der Waals surface area contributed by atoms with Gasteiger partial charge in [0, 0.05) is 11.4 Å². The van der Waals surface area contributed by atoms with Crippen molar-refractivity contribution in [3.63, 3.8) is 0 Å². The third-order valence-electron chi connectivity index (χ3n) is 5.84. The van der Waals surface area contributed by atoms with Gasteiger partial charge >= 0.3 is 0 Å². The Bertz CT molecular complexity index is 1140. The van der Waals surface area contributed by atoms with Crippen LogP contribution < -0.4 is 4.72 Å². The molecule has 0 spiro atoms. The second kappa shape index (κ2) is 7.67. The number of anilines is 1. The molecule has 0 fully saturated rings. The zero-order chi connectivity index (χ0) is 21.5. The van der Waals surface area contributed by atoms with Crippen LogP contribution in [0.5, 0.6) is 0 Å². The first-order chi connectivity index (χ1) is 13.5. The van der Waals surface area contributed by atoms with E-state index in [0.717, 1.165) is 44.8 Å². The molecule has 0 aliphatic carbocycles. The lowest BCUT2D eigenvalue weighted by Gasteiger charge is -2.19. The van der Waals surface area contributed by atoms with Crippen molar-refractivity contribution < 1.29 is 8.42 Å². The van der Waals surface area contributed by atoms with Crippen LogP contribution in [0.2, 0.25) is 0 Å². The van der Waals surface area contributed by atoms with Crippen molar-refractivity contribution in [1.29, 1.82) is 0 Å². The van der Waals surface area contributed by atoms with E-state index in [0.29, 0.717) is 17.1 Å². The maximum Gasteiger partial charge on any atom is 0.262 e. The standard InChI is InChI=1S/C23H29N3O2S/c1-14-12-15(2)26(24-14)13-21-8-10-22(11-9-21)25-29(27,28)23-19(6)17(4)16(3)18(5)20(23)7/h8-12,25H,13H2,1-7H3.